The Kier molecular flexibility index (Phi) is 3.79. The van der Waals surface area contributed by atoms with Crippen molar-refractivity contribution in [2.24, 2.45) is 0 Å². The number of halogens is 2. The molecule has 0 fully saturated rings. The summed E-state index contributed by atoms with van der Waals surface area (Å²) in [5.74, 6) is 0. The first-order chi connectivity index (χ1) is 8.00. The summed E-state index contributed by atoms with van der Waals surface area (Å²) in [4.78, 5) is 0.733. The molecule has 0 bridgehead atoms. The van der Waals surface area contributed by atoms with Crippen LogP contribution in [0.3, 0.4) is 0 Å². The normalized spacial score (nSPS) is 12.8. The van der Waals surface area contributed by atoms with Crippen LogP contribution in [-0.2, 0) is 0 Å². The van der Waals surface area contributed by atoms with Gasteiger partial charge in [-0.3, -0.25) is 0 Å². The number of aliphatic hydroxyl groups excluding tert-OH is 1. The van der Waals surface area contributed by atoms with Crippen molar-refractivity contribution in [1.29, 1.82) is 0 Å². The average molecular weight is 287 g/mol. The molecule has 1 N–H and O–H groups in total. The number of benzene rings is 1. The highest BCUT2D eigenvalue weighted by Crippen LogP contribution is 2.36. The predicted molar refractivity (Wildman–Crippen MR) is 74.3 cm³/mol. The fraction of sp³-hybridized carbons (Fsp3) is 0.231. The Balaban J connectivity index is 2.48. The van der Waals surface area contributed by atoms with Gasteiger partial charge in [0.25, 0.3) is 0 Å². The van der Waals surface area contributed by atoms with E-state index < -0.39 is 6.10 Å². The molecule has 4 heteroatoms. The summed E-state index contributed by atoms with van der Waals surface area (Å²) in [6.07, 6.45) is -0.755. The first-order valence-corrected chi connectivity index (χ1v) is 6.82. The molecular formula is C13H12Cl2OS. The second-order valence-corrected chi connectivity index (χ2v) is 5.76. The summed E-state index contributed by atoms with van der Waals surface area (Å²) < 4.78 is 0. The van der Waals surface area contributed by atoms with E-state index >= 15 is 0 Å². The topological polar surface area (TPSA) is 20.2 Å². The highest BCUT2D eigenvalue weighted by atomic mass is 35.5. The second-order valence-electron chi connectivity index (χ2n) is 3.99. The van der Waals surface area contributed by atoms with Gasteiger partial charge >= 0.3 is 0 Å². The van der Waals surface area contributed by atoms with Crippen molar-refractivity contribution >= 4 is 34.5 Å². The molecule has 2 aromatic rings. The average Bonchev–Trinajstić information content (AvgIpc) is 2.69. The van der Waals surface area contributed by atoms with E-state index in [9.17, 15) is 5.11 Å². The molecule has 17 heavy (non-hydrogen) atoms. The Labute approximate surface area is 115 Å². The van der Waals surface area contributed by atoms with Gasteiger partial charge in [0.05, 0.1) is 9.90 Å². The number of aliphatic hydroxyl groups is 1. The molecule has 0 saturated carbocycles. The lowest BCUT2D eigenvalue weighted by Gasteiger charge is -2.14. The summed E-state index contributed by atoms with van der Waals surface area (Å²) in [5, 5.41) is 13.3. The van der Waals surface area contributed by atoms with Gasteiger partial charge in [-0.2, -0.15) is 0 Å². The maximum Gasteiger partial charge on any atom is 0.116 e. The fourth-order valence-electron chi connectivity index (χ4n) is 1.65. The molecule has 1 aromatic carbocycles. The van der Waals surface area contributed by atoms with E-state index in [1.165, 1.54) is 11.3 Å². The summed E-state index contributed by atoms with van der Waals surface area (Å²) in [6.45, 7) is 3.99. The van der Waals surface area contributed by atoms with Crippen LogP contribution in [0.2, 0.25) is 10.0 Å². The first kappa shape index (κ1) is 12.9. The number of aryl methyl sites for hydroxylation is 2. The van der Waals surface area contributed by atoms with E-state index in [4.69, 9.17) is 23.2 Å². The summed E-state index contributed by atoms with van der Waals surface area (Å²) in [5.41, 5.74) is 2.93. The van der Waals surface area contributed by atoms with Gasteiger partial charge in [-0.1, -0.05) is 29.3 Å². The summed E-state index contributed by atoms with van der Waals surface area (Å²) in [6, 6.07) is 5.56. The van der Waals surface area contributed by atoms with Crippen molar-refractivity contribution in [3.8, 4) is 0 Å². The van der Waals surface area contributed by atoms with Gasteiger partial charge in [-0.25, -0.2) is 0 Å². The molecule has 1 nitrogen and oxygen atoms in total. The van der Waals surface area contributed by atoms with Crippen LogP contribution < -0.4 is 0 Å². The van der Waals surface area contributed by atoms with E-state index in [0.717, 1.165) is 16.0 Å². The predicted octanol–water partition coefficient (Wildman–Crippen LogP) is 4.75. The molecular weight excluding hydrogens is 275 g/mol. The number of hydrogen-bond acceptors (Lipinski definition) is 2. The van der Waals surface area contributed by atoms with Crippen molar-refractivity contribution in [2.45, 2.75) is 20.0 Å². The van der Waals surface area contributed by atoms with Crippen LogP contribution in [0, 0.1) is 13.8 Å². The zero-order chi connectivity index (χ0) is 12.6. The summed E-state index contributed by atoms with van der Waals surface area (Å²) >= 11 is 13.6. The van der Waals surface area contributed by atoms with Crippen LogP contribution in [0.15, 0.2) is 23.6 Å². The van der Waals surface area contributed by atoms with Gasteiger partial charge in [0.2, 0.25) is 0 Å². The minimum absolute atomic E-state index is 0.574. The van der Waals surface area contributed by atoms with E-state index in [-0.39, 0.29) is 0 Å². The molecule has 0 aliphatic rings. The zero-order valence-electron chi connectivity index (χ0n) is 9.50. The molecule has 1 aromatic heterocycles. The standard InChI is InChI=1S/C13H12Cl2OS/c1-7-5-9(11(15)6-8(7)2)12(16)13-10(14)3-4-17-13/h3-6,12,16H,1-2H3. The molecule has 0 aliphatic heterocycles. The fourth-order valence-corrected chi connectivity index (χ4v) is 3.14. The van der Waals surface area contributed by atoms with Gasteiger partial charge < -0.3 is 5.11 Å². The highest BCUT2D eigenvalue weighted by molar-refractivity contribution is 7.10. The lowest BCUT2D eigenvalue weighted by molar-refractivity contribution is 0.224. The molecule has 0 spiro atoms. The molecule has 0 aliphatic carbocycles. The Morgan fingerprint density at radius 2 is 1.76 bits per heavy atom. The highest BCUT2D eigenvalue weighted by Gasteiger charge is 2.18. The molecule has 1 heterocycles. The SMILES string of the molecule is Cc1cc(Cl)c(C(O)c2sccc2Cl)cc1C. The Hall–Kier alpha value is -0.540. The molecule has 90 valence electrons. The third-order valence-electron chi connectivity index (χ3n) is 2.80. The summed E-state index contributed by atoms with van der Waals surface area (Å²) in [7, 11) is 0. The van der Waals surface area contributed by atoms with Crippen LogP contribution in [-0.4, -0.2) is 5.11 Å². The number of rotatable bonds is 2. The number of thiophene rings is 1. The minimum atomic E-state index is -0.755. The Morgan fingerprint density at radius 3 is 2.35 bits per heavy atom. The van der Waals surface area contributed by atoms with Crippen molar-refractivity contribution in [2.75, 3.05) is 0 Å². The second kappa shape index (κ2) is 4.99. The van der Waals surface area contributed by atoms with Gasteiger partial charge in [0, 0.05) is 10.6 Å². The van der Waals surface area contributed by atoms with Crippen LogP contribution in [0.4, 0.5) is 0 Å². The van der Waals surface area contributed by atoms with Crippen molar-refractivity contribution in [1.82, 2.24) is 0 Å². The van der Waals surface area contributed by atoms with Gasteiger partial charge in [0.1, 0.15) is 6.10 Å². The molecule has 0 amide bonds. The largest absolute Gasteiger partial charge is 0.383 e. The maximum atomic E-state index is 10.3. The van der Waals surface area contributed by atoms with Gasteiger partial charge in [-0.15, -0.1) is 11.3 Å². The van der Waals surface area contributed by atoms with E-state index in [1.807, 2.05) is 31.4 Å². The smallest absolute Gasteiger partial charge is 0.116 e. The van der Waals surface area contributed by atoms with E-state index in [0.29, 0.717) is 15.6 Å². The first-order valence-electron chi connectivity index (χ1n) is 5.18. The third kappa shape index (κ3) is 2.50. The molecule has 0 radical (unpaired) electrons. The van der Waals surface area contributed by atoms with E-state index in [1.54, 1.807) is 6.07 Å². The van der Waals surface area contributed by atoms with Crippen molar-refractivity contribution in [3.63, 3.8) is 0 Å². The van der Waals surface area contributed by atoms with Gasteiger partial charge in [-0.05, 0) is 42.5 Å². The van der Waals surface area contributed by atoms with Crippen molar-refractivity contribution < 1.29 is 5.11 Å². The van der Waals surface area contributed by atoms with Crippen LogP contribution in [0.25, 0.3) is 0 Å². The van der Waals surface area contributed by atoms with Crippen molar-refractivity contribution in [3.05, 3.63) is 55.2 Å². The number of hydrogen-bond donors (Lipinski definition) is 1. The third-order valence-corrected chi connectivity index (χ3v) is 4.54. The monoisotopic (exact) mass is 286 g/mol. The maximum absolute atomic E-state index is 10.3. The Bertz CT molecular complexity index is 548. The molecule has 0 saturated heterocycles. The molecule has 1 atom stereocenters. The van der Waals surface area contributed by atoms with Crippen LogP contribution in [0.1, 0.15) is 27.7 Å². The quantitative estimate of drug-likeness (QED) is 0.844. The van der Waals surface area contributed by atoms with Crippen LogP contribution in [0.5, 0.6) is 0 Å². The minimum Gasteiger partial charge on any atom is -0.383 e. The van der Waals surface area contributed by atoms with E-state index in [2.05, 4.69) is 0 Å². The van der Waals surface area contributed by atoms with Crippen LogP contribution >= 0.6 is 34.5 Å². The van der Waals surface area contributed by atoms with Gasteiger partial charge in [0.15, 0.2) is 0 Å². The lowest BCUT2D eigenvalue weighted by Crippen LogP contribution is -2.00. The lowest BCUT2D eigenvalue weighted by atomic mass is 10.0. The molecule has 1 unspecified atom stereocenters. The zero-order valence-corrected chi connectivity index (χ0v) is 11.8. The molecule has 2 rings (SSSR count). The Morgan fingerprint density at radius 1 is 1.12 bits per heavy atom.